The minimum atomic E-state index is -0.300. The molecule has 0 unspecified atom stereocenters. The zero-order valence-electron chi connectivity index (χ0n) is 15.3. The lowest BCUT2D eigenvalue weighted by atomic mass is 10.0. The number of anilines is 1. The average molecular weight is 371 g/mol. The Morgan fingerprint density at radius 3 is 2.50 bits per heavy atom. The first-order chi connectivity index (χ1) is 13.6. The van der Waals surface area contributed by atoms with Gasteiger partial charge >= 0.3 is 0 Å². The van der Waals surface area contributed by atoms with Gasteiger partial charge in [-0.25, -0.2) is 14.4 Å². The lowest BCUT2D eigenvalue weighted by Crippen LogP contribution is -2.16. The van der Waals surface area contributed by atoms with Gasteiger partial charge in [-0.1, -0.05) is 42.5 Å². The molecule has 5 heteroatoms. The molecule has 0 aliphatic heterocycles. The van der Waals surface area contributed by atoms with Crippen molar-refractivity contribution in [3.05, 3.63) is 90.0 Å². The highest BCUT2D eigenvalue weighted by Crippen LogP contribution is 2.20. The molecule has 1 amide bonds. The number of benzene rings is 3. The summed E-state index contributed by atoms with van der Waals surface area (Å²) in [4.78, 5) is 21.2. The number of nitrogens with one attached hydrogen (secondary N) is 1. The van der Waals surface area contributed by atoms with Crippen LogP contribution in [0, 0.1) is 12.7 Å². The molecule has 0 atom stereocenters. The van der Waals surface area contributed by atoms with Gasteiger partial charge in [0.15, 0.2) is 5.82 Å². The average Bonchev–Trinajstić information content (AvgIpc) is 2.70. The van der Waals surface area contributed by atoms with Crippen LogP contribution < -0.4 is 5.32 Å². The second kappa shape index (κ2) is 7.56. The van der Waals surface area contributed by atoms with Gasteiger partial charge in [0, 0.05) is 5.56 Å². The molecule has 28 heavy (non-hydrogen) atoms. The maximum absolute atomic E-state index is 13.1. The highest BCUT2D eigenvalue weighted by molar-refractivity contribution is 5.93. The highest BCUT2D eigenvalue weighted by atomic mass is 19.1. The quantitative estimate of drug-likeness (QED) is 0.554. The Bertz CT molecular complexity index is 1160. The molecule has 1 N–H and O–H groups in total. The number of rotatable bonds is 4. The summed E-state index contributed by atoms with van der Waals surface area (Å²) < 4.78 is 13.1. The van der Waals surface area contributed by atoms with E-state index >= 15 is 0 Å². The standard InChI is InChI=1S/C23H18FN3O/c1-15-23(25-14-21(26-15)18-8-10-20(24)11-9-18)27-22(28)13-16-6-7-17-4-2-3-5-19(17)12-16/h2-12,14H,13H2,1H3,(H,25,27,28). The highest BCUT2D eigenvalue weighted by Gasteiger charge is 2.10. The number of amides is 1. The van der Waals surface area contributed by atoms with Crippen LogP contribution in [0.15, 0.2) is 72.9 Å². The molecule has 4 aromatic rings. The van der Waals surface area contributed by atoms with Gasteiger partial charge in [-0.05, 0) is 47.5 Å². The van der Waals surface area contributed by atoms with Crippen molar-refractivity contribution in [1.82, 2.24) is 9.97 Å². The number of halogens is 1. The lowest BCUT2D eigenvalue weighted by Gasteiger charge is -2.09. The molecule has 1 aromatic heterocycles. The summed E-state index contributed by atoms with van der Waals surface area (Å²) in [6.07, 6.45) is 1.83. The SMILES string of the molecule is Cc1nc(-c2ccc(F)cc2)cnc1NC(=O)Cc1ccc2ccccc2c1. The summed E-state index contributed by atoms with van der Waals surface area (Å²) in [6, 6.07) is 20.1. The van der Waals surface area contributed by atoms with Crippen molar-refractivity contribution in [2.45, 2.75) is 13.3 Å². The van der Waals surface area contributed by atoms with Crippen molar-refractivity contribution in [3.8, 4) is 11.3 Å². The molecule has 4 nitrogen and oxygen atoms in total. The maximum Gasteiger partial charge on any atom is 0.229 e. The molecule has 0 aliphatic carbocycles. The van der Waals surface area contributed by atoms with Crippen LogP contribution in [0.1, 0.15) is 11.3 Å². The summed E-state index contributed by atoms with van der Waals surface area (Å²) in [6.45, 7) is 1.78. The van der Waals surface area contributed by atoms with Crippen LogP contribution in [0.2, 0.25) is 0 Å². The van der Waals surface area contributed by atoms with Crippen molar-refractivity contribution < 1.29 is 9.18 Å². The van der Waals surface area contributed by atoms with Gasteiger partial charge in [0.05, 0.1) is 24.0 Å². The third kappa shape index (κ3) is 3.88. The Hall–Kier alpha value is -3.60. The van der Waals surface area contributed by atoms with Crippen molar-refractivity contribution in [1.29, 1.82) is 0 Å². The van der Waals surface area contributed by atoms with Crippen LogP contribution in [0.3, 0.4) is 0 Å². The predicted octanol–water partition coefficient (Wildman–Crippen LogP) is 4.93. The van der Waals surface area contributed by atoms with E-state index in [0.717, 1.165) is 21.9 Å². The predicted molar refractivity (Wildman–Crippen MR) is 108 cm³/mol. The normalized spacial score (nSPS) is 10.8. The molecule has 138 valence electrons. The van der Waals surface area contributed by atoms with Gasteiger partial charge in [-0.15, -0.1) is 0 Å². The van der Waals surface area contributed by atoms with Gasteiger partial charge in [0.1, 0.15) is 5.82 Å². The number of carbonyl (C=O) groups excluding carboxylic acids is 1. The van der Waals surface area contributed by atoms with Gasteiger partial charge in [-0.3, -0.25) is 4.79 Å². The Morgan fingerprint density at radius 2 is 1.75 bits per heavy atom. The second-order valence-corrected chi connectivity index (χ2v) is 6.60. The molecule has 0 fully saturated rings. The summed E-state index contributed by atoms with van der Waals surface area (Å²) in [5, 5.41) is 5.07. The minimum Gasteiger partial charge on any atom is -0.309 e. The molecule has 4 rings (SSSR count). The van der Waals surface area contributed by atoms with E-state index in [-0.39, 0.29) is 18.1 Å². The monoisotopic (exact) mass is 371 g/mol. The Balaban J connectivity index is 1.48. The largest absolute Gasteiger partial charge is 0.309 e. The molecule has 0 spiro atoms. The second-order valence-electron chi connectivity index (χ2n) is 6.60. The lowest BCUT2D eigenvalue weighted by molar-refractivity contribution is -0.115. The Labute approximate surface area is 162 Å². The molecule has 3 aromatic carbocycles. The summed E-state index contributed by atoms with van der Waals surface area (Å²) in [5.74, 6) is -0.0233. The zero-order chi connectivity index (χ0) is 19.5. The summed E-state index contributed by atoms with van der Waals surface area (Å²) in [7, 11) is 0. The first-order valence-corrected chi connectivity index (χ1v) is 8.95. The van der Waals surface area contributed by atoms with E-state index in [0.29, 0.717) is 17.2 Å². The van der Waals surface area contributed by atoms with Crippen LogP contribution in [0.4, 0.5) is 10.2 Å². The van der Waals surface area contributed by atoms with Crippen LogP contribution >= 0.6 is 0 Å². The number of aromatic nitrogens is 2. The molecule has 0 aliphatic rings. The first-order valence-electron chi connectivity index (χ1n) is 8.95. The van der Waals surface area contributed by atoms with Crippen LogP contribution in [0.5, 0.6) is 0 Å². The molecule has 0 saturated heterocycles. The van der Waals surface area contributed by atoms with Crippen molar-refractivity contribution in [3.63, 3.8) is 0 Å². The maximum atomic E-state index is 13.1. The molecule has 0 bridgehead atoms. The number of aryl methyl sites for hydroxylation is 1. The van der Waals surface area contributed by atoms with E-state index < -0.39 is 0 Å². The van der Waals surface area contributed by atoms with Gasteiger partial charge < -0.3 is 5.32 Å². The van der Waals surface area contributed by atoms with Crippen LogP contribution in [-0.2, 0) is 11.2 Å². The first kappa shape index (κ1) is 17.8. The Morgan fingerprint density at radius 1 is 1.00 bits per heavy atom. The fourth-order valence-corrected chi connectivity index (χ4v) is 3.07. The van der Waals surface area contributed by atoms with Gasteiger partial charge in [0.25, 0.3) is 0 Å². The third-order valence-corrected chi connectivity index (χ3v) is 4.52. The Kier molecular flexibility index (Phi) is 4.81. The van der Waals surface area contributed by atoms with Crippen LogP contribution in [0.25, 0.3) is 22.0 Å². The van der Waals surface area contributed by atoms with Crippen molar-refractivity contribution in [2.75, 3.05) is 5.32 Å². The number of carbonyl (C=O) groups is 1. The third-order valence-electron chi connectivity index (χ3n) is 4.52. The fraction of sp³-hybridized carbons (Fsp3) is 0.0870. The minimum absolute atomic E-state index is 0.151. The van der Waals surface area contributed by atoms with Gasteiger partial charge in [0.2, 0.25) is 5.91 Å². The van der Waals surface area contributed by atoms with Crippen molar-refractivity contribution in [2.24, 2.45) is 0 Å². The van der Waals surface area contributed by atoms with Crippen molar-refractivity contribution >= 4 is 22.5 Å². The zero-order valence-corrected chi connectivity index (χ0v) is 15.3. The molecule has 0 saturated carbocycles. The summed E-state index contributed by atoms with van der Waals surface area (Å²) in [5.41, 5.74) is 2.94. The van der Waals surface area contributed by atoms with E-state index in [9.17, 15) is 9.18 Å². The number of hydrogen-bond donors (Lipinski definition) is 1. The molecule has 1 heterocycles. The fourth-order valence-electron chi connectivity index (χ4n) is 3.07. The molecule has 0 radical (unpaired) electrons. The number of fused-ring (bicyclic) bond motifs is 1. The summed E-state index contributed by atoms with van der Waals surface area (Å²) >= 11 is 0. The smallest absolute Gasteiger partial charge is 0.229 e. The van der Waals surface area contributed by atoms with E-state index in [2.05, 4.69) is 15.3 Å². The van der Waals surface area contributed by atoms with Gasteiger partial charge in [-0.2, -0.15) is 0 Å². The van der Waals surface area contributed by atoms with E-state index in [1.807, 2.05) is 42.5 Å². The molecular weight excluding hydrogens is 353 g/mol. The topological polar surface area (TPSA) is 54.9 Å². The van der Waals surface area contributed by atoms with E-state index in [1.165, 1.54) is 12.1 Å². The number of nitrogens with zero attached hydrogens (tertiary/aromatic N) is 2. The number of hydrogen-bond acceptors (Lipinski definition) is 3. The molecular formula is C23H18FN3O. The van der Waals surface area contributed by atoms with E-state index in [1.54, 1.807) is 25.3 Å². The van der Waals surface area contributed by atoms with Crippen LogP contribution in [-0.4, -0.2) is 15.9 Å². The van der Waals surface area contributed by atoms with E-state index in [4.69, 9.17) is 0 Å².